The normalized spacial score (nSPS) is 11.2. The molecule has 0 fully saturated rings. The second kappa shape index (κ2) is 6.27. The molecule has 0 saturated heterocycles. The quantitative estimate of drug-likeness (QED) is 0.888. The molecular weight excluding hydrogens is 300 g/mol. The molecule has 0 bridgehead atoms. The minimum absolute atomic E-state index is 0.0685. The number of carbonyl (C=O) groups is 2. The summed E-state index contributed by atoms with van der Waals surface area (Å²) in [6.45, 7) is 4.92. The summed E-state index contributed by atoms with van der Waals surface area (Å²) in [7, 11) is 0. The lowest BCUT2D eigenvalue weighted by molar-refractivity contribution is -0.145. The van der Waals surface area contributed by atoms with E-state index in [0.717, 1.165) is 10.6 Å². The van der Waals surface area contributed by atoms with Crippen molar-refractivity contribution in [2.45, 2.75) is 32.7 Å². The molecule has 116 valence electrons. The molecule has 2 rings (SSSR count). The minimum atomic E-state index is -1.28. The first-order valence-electron chi connectivity index (χ1n) is 6.84. The van der Waals surface area contributed by atoms with Gasteiger partial charge in [0.05, 0.1) is 12.1 Å². The Morgan fingerprint density at radius 2 is 1.91 bits per heavy atom. The van der Waals surface area contributed by atoms with Gasteiger partial charge in [-0.25, -0.2) is 9.78 Å². The Balaban J connectivity index is 2.05. The Hall–Kier alpha value is -2.21. The molecule has 6 heteroatoms. The van der Waals surface area contributed by atoms with Gasteiger partial charge in [-0.05, 0) is 20.8 Å². The smallest absolute Gasteiger partial charge is 0.328 e. The predicted octanol–water partition coefficient (Wildman–Crippen LogP) is 2.64. The van der Waals surface area contributed by atoms with E-state index >= 15 is 0 Å². The highest BCUT2D eigenvalue weighted by Gasteiger charge is 2.29. The highest BCUT2D eigenvalue weighted by molar-refractivity contribution is 7.13. The van der Waals surface area contributed by atoms with Gasteiger partial charge in [0.1, 0.15) is 10.5 Å². The molecule has 1 amide bonds. The number of carbonyl (C=O) groups excluding carboxylic acids is 1. The monoisotopic (exact) mass is 318 g/mol. The molecule has 0 aliphatic heterocycles. The Morgan fingerprint density at radius 3 is 2.50 bits per heavy atom. The number of aromatic nitrogens is 1. The third-order valence-corrected chi connectivity index (χ3v) is 4.12. The molecule has 2 aromatic rings. The van der Waals surface area contributed by atoms with Crippen molar-refractivity contribution in [3.8, 4) is 10.6 Å². The zero-order valence-corrected chi connectivity index (χ0v) is 13.5. The van der Waals surface area contributed by atoms with E-state index in [9.17, 15) is 9.59 Å². The van der Waals surface area contributed by atoms with E-state index in [1.807, 2.05) is 36.6 Å². The van der Waals surface area contributed by atoms with E-state index in [-0.39, 0.29) is 12.3 Å². The van der Waals surface area contributed by atoms with Gasteiger partial charge in [0.25, 0.3) is 0 Å². The highest BCUT2D eigenvalue weighted by Crippen LogP contribution is 2.24. The van der Waals surface area contributed by atoms with Crippen LogP contribution in [0.15, 0.2) is 29.6 Å². The number of aliphatic carboxylic acids is 1. The van der Waals surface area contributed by atoms with Gasteiger partial charge in [-0.15, -0.1) is 11.3 Å². The van der Waals surface area contributed by atoms with Crippen LogP contribution in [0.1, 0.15) is 25.1 Å². The lowest BCUT2D eigenvalue weighted by Crippen LogP contribution is -2.50. The molecule has 2 N–H and O–H groups in total. The number of benzene rings is 1. The molecule has 22 heavy (non-hydrogen) atoms. The van der Waals surface area contributed by atoms with E-state index in [2.05, 4.69) is 10.3 Å². The number of amides is 1. The molecular formula is C16H18N2O3S. The molecule has 1 aromatic heterocycles. The van der Waals surface area contributed by atoms with Gasteiger partial charge in [-0.3, -0.25) is 4.79 Å². The van der Waals surface area contributed by atoms with E-state index in [4.69, 9.17) is 5.11 Å². The van der Waals surface area contributed by atoms with Gasteiger partial charge >= 0.3 is 5.97 Å². The largest absolute Gasteiger partial charge is 0.480 e. The molecule has 0 atom stereocenters. The van der Waals surface area contributed by atoms with Crippen LogP contribution in [0, 0.1) is 6.92 Å². The van der Waals surface area contributed by atoms with Crippen molar-refractivity contribution in [1.29, 1.82) is 0 Å². The third kappa shape index (κ3) is 3.92. The summed E-state index contributed by atoms with van der Waals surface area (Å²) in [4.78, 5) is 27.3. The molecule has 0 saturated carbocycles. The number of carboxylic acids is 1. The van der Waals surface area contributed by atoms with Gasteiger partial charge in [-0.2, -0.15) is 0 Å². The van der Waals surface area contributed by atoms with Crippen LogP contribution >= 0.6 is 11.3 Å². The lowest BCUT2D eigenvalue weighted by atomic mass is 10.1. The molecule has 1 heterocycles. The Bertz CT molecular complexity index is 690. The summed E-state index contributed by atoms with van der Waals surface area (Å²) in [6, 6.07) is 8.01. The Morgan fingerprint density at radius 1 is 1.27 bits per heavy atom. The van der Waals surface area contributed by atoms with Crippen LogP contribution in [-0.4, -0.2) is 27.5 Å². The molecule has 0 spiro atoms. The van der Waals surface area contributed by atoms with Crippen molar-refractivity contribution in [1.82, 2.24) is 10.3 Å². The Labute approximate surface area is 133 Å². The first-order chi connectivity index (χ1) is 10.3. The van der Waals surface area contributed by atoms with Crippen molar-refractivity contribution >= 4 is 23.2 Å². The lowest BCUT2D eigenvalue weighted by Gasteiger charge is -2.20. The van der Waals surface area contributed by atoms with Crippen LogP contribution in [0.4, 0.5) is 0 Å². The number of rotatable bonds is 5. The van der Waals surface area contributed by atoms with Crippen molar-refractivity contribution in [2.24, 2.45) is 0 Å². The van der Waals surface area contributed by atoms with E-state index in [1.165, 1.54) is 30.7 Å². The summed E-state index contributed by atoms with van der Waals surface area (Å²) < 4.78 is 0. The Kier molecular flexibility index (Phi) is 4.61. The number of nitrogens with zero attached hydrogens (tertiary/aromatic N) is 1. The summed E-state index contributed by atoms with van der Waals surface area (Å²) in [5.41, 5.74) is 1.54. The number of hydrogen-bond donors (Lipinski definition) is 2. The van der Waals surface area contributed by atoms with Crippen LogP contribution < -0.4 is 5.32 Å². The maximum atomic E-state index is 11.9. The third-order valence-electron chi connectivity index (χ3n) is 3.18. The van der Waals surface area contributed by atoms with Gasteiger partial charge < -0.3 is 10.4 Å². The minimum Gasteiger partial charge on any atom is -0.480 e. The predicted molar refractivity (Wildman–Crippen MR) is 85.8 cm³/mol. The molecule has 5 nitrogen and oxygen atoms in total. The SMILES string of the molecule is Cc1ccc(-c2nc(CC(=O)NC(C)(C)C(=O)O)cs2)cc1. The van der Waals surface area contributed by atoms with E-state index in [0.29, 0.717) is 5.69 Å². The summed E-state index contributed by atoms with van der Waals surface area (Å²) in [5, 5.41) is 14.2. The second-order valence-electron chi connectivity index (χ2n) is 5.67. The van der Waals surface area contributed by atoms with Crippen molar-refractivity contribution in [3.63, 3.8) is 0 Å². The fourth-order valence-electron chi connectivity index (χ4n) is 1.83. The van der Waals surface area contributed by atoms with Gasteiger partial charge in [-0.1, -0.05) is 29.8 Å². The fraction of sp³-hybridized carbons (Fsp3) is 0.312. The first-order valence-corrected chi connectivity index (χ1v) is 7.72. The molecule has 1 aromatic carbocycles. The average molecular weight is 318 g/mol. The highest BCUT2D eigenvalue weighted by atomic mass is 32.1. The second-order valence-corrected chi connectivity index (χ2v) is 6.52. The number of aryl methyl sites for hydroxylation is 1. The fourth-order valence-corrected chi connectivity index (χ4v) is 2.65. The summed E-state index contributed by atoms with van der Waals surface area (Å²) >= 11 is 1.47. The van der Waals surface area contributed by atoms with E-state index in [1.54, 1.807) is 0 Å². The molecule has 0 unspecified atom stereocenters. The van der Waals surface area contributed by atoms with Crippen molar-refractivity contribution in [3.05, 3.63) is 40.9 Å². The summed E-state index contributed by atoms with van der Waals surface area (Å²) in [5.74, 6) is -1.42. The van der Waals surface area contributed by atoms with E-state index < -0.39 is 11.5 Å². The number of nitrogens with one attached hydrogen (secondary N) is 1. The van der Waals surface area contributed by atoms with Crippen LogP contribution in [-0.2, 0) is 16.0 Å². The number of carboxylic acid groups (broad SMARTS) is 1. The van der Waals surface area contributed by atoms with Crippen LogP contribution in [0.3, 0.4) is 0 Å². The number of hydrogen-bond acceptors (Lipinski definition) is 4. The van der Waals surface area contributed by atoms with Crippen molar-refractivity contribution < 1.29 is 14.7 Å². The zero-order chi connectivity index (χ0) is 16.3. The maximum absolute atomic E-state index is 11.9. The van der Waals surface area contributed by atoms with Gasteiger partial charge in [0.15, 0.2) is 0 Å². The molecule has 0 aliphatic carbocycles. The topological polar surface area (TPSA) is 79.3 Å². The summed E-state index contributed by atoms with van der Waals surface area (Å²) in [6.07, 6.45) is 0.0685. The van der Waals surface area contributed by atoms with Gasteiger partial charge in [0.2, 0.25) is 5.91 Å². The standard InChI is InChI=1S/C16H18N2O3S/c1-10-4-6-11(7-5-10)14-17-12(9-22-14)8-13(19)18-16(2,3)15(20)21/h4-7,9H,8H2,1-3H3,(H,18,19)(H,20,21). The first kappa shape index (κ1) is 16.2. The van der Waals surface area contributed by atoms with Crippen LogP contribution in [0.5, 0.6) is 0 Å². The van der Waals surface area contributed by atoms with Crippen LogP contribution in [0.2, 0.25) is 0 Å². The zero-order valence-electron chi connectivity index (χ0n) is 12.7. The number of thiazole rings is 1. The van der Waals surface area contributed by atoms with Crippen LogP contribution in [0.25, 0.3) is 10.6 Å². The average Bonchev–Trinajstić information content (AvgIpc) is 2.87. The molecule has 0 radical (unpaired) electrons. The maximum Gasteiger partial charge on any atom is 0.328 e. The van der Waals surface area contributed by atoms with Gasteiger partial charge in [0, 0.05) is 10.9 Å². The molecule has 0 aliphatic rings. The van der Waals surface area contributed by atoms with Crippen molar-refractivity contribution in [2.75, 3.05) is 0 Å².